The van der Waals surface area contributed by atoms with E-state index in [0.717, 1.165) is 5.82 Å². The first-order valence-electron chi connectivity index (χ1n) is 4.46. The molecule has 1 heterocycles. The van der Waals surface area contributed by atoms with Crippen molar-refractivity contribution in [1.82, 2.24) is 9.97 Å². The van der Waals surface area contributed by atoms with Crippen LogP contribution in [0.5, 0.6) is 0 Å². The van der Waals surface area contributed by atoms with Crippen molar-refractivity contribution in [3.8, 4) is 0 Å². The van der Waals surface area contributed by atoms with Gasteiger partial charge in [0.05, 0.1) is 10.2 Å². The molecule has 4 nitrogen and oxygen atoms in total. The van der Waals surface area contributed by atoms with Crippen molar-refractivity contribution < 1.29 is 5.11 Å². The molecule has 0 aromatic carbocycles. The first-order valence-corrected chi connectivity index (χ1v) is 5.26. The summed E-state index contributed by atoms with van der Waals surface area (Å²) in [6.07, 6.45) is 0.918. The molecule has 1 unspecified atom stereocenters. The lowest BCUT2D eigenvalue weighted by Crippen LogP contribution is -2.15. The molecular weight excluding hydrogens is 246 g/mol. The Morgan fingerprint density at radius 2 is 2.21 bits per heavy atom. The zero-order valence-corrected chi connectivity index (χ0v) is 9.82. The molecule has 1 atom stereocenters. The molecule has 0 radical (unpaired) electrons. The van der Waals surface area contributed by atoms with Gasteiger partial charge in [0, 0.05) is 18.7 Å². The van der Waals surface area contributed by atoms with E-state index in [4.69, 9.17) is 5.73 Å². The molecule has 3 N–H and O–H groups in total. The standard InChI is InChI=1S/C9H14BrN3O/c1-5(2)9-12-4-6(10)8(13-9)7(14)3-11/h4-5,7,14H,3,11H2,1-2H3. The van der Waals surface area contributed by atoms with Crippen molar-refractivity contribution in [2.24, 2.45) is 5.73 Å². The molecule has 0 saturated carbocycles. The van der Waals surface area contributed by atoms with Crippen LogP contribution in [0.1, 0.15) is 37.4 Å². The third-order valence-electron chi connectivity index (χ3n) is 1.85. The molecule has 0 saturated heterocycles. The molecule has 0 amide bonds. The fourth-order valence-corrected chi connectivity index (χ4v) is 1.47. The highest BCUT2D eigenvalue weighted by Gasteiger charge is 2.14. The molecule has 0 aliphatic rings. The van der Waals surface area contributed by atoms with E-state index < -0.39 is 6.10 Å². The van der Waals surface area contributed by atoms with Crippen LogP contribution in [-0.2, 0) is 0 Å². The monoisotopic (exact) mass is 259 g/mol. The number of aliphatic hydroxyl groups is 1. The molecule has 0 bridgehead atoms. The largest absolute Gasteiger partial charge is 0.385 e. The summed E-state index contributed by atoms with van der Waals surface area (Å²) in [7, 11) is 0. The Labute approximate surface area is 91.7 Å². The van der Waals surface area contributed by atoms with E-state index in [0.29, 0.717) is 10.2 Å². The van der Waals surface area contributed by atoms with Gasteiger partial charge >= 0.3 is 0 Å². The van der Waals surface area contributed by atoms with E-state index >= 15 is 0 Å². The Balaban J connectivity index is 3.08. The first-order chi connectivity index (χ1) is 6.56. The van der Waals surface area contributed by atoms with E-state index in [1.165, 1.54) is 0 Å². The van der Waals surface area contributed by atoms with Crippen LogP contribution in [0.15, 0.2) is 10.7 Å². The van der Waals surface area contributed by atoms with Gasteiger partial charge in [-0.05, 0) is 15.9 Å². The second-order valence-electron chi connectivity index (χ2n) is 3.37. The molecule has 0 aliphatic carbocycles. The lowest BCUT2D eigenvalue weighted by Gasteiger charge is -2.11. The summed E-state index contributed by atoms with van der Waals surface area (Å²) in [5.74, 6) is 0.961. The topological polar surface area (TPSA) is 72.0 Å². The van der Waals surface area contributed by atoms with E-state index in [2.05, 4.69) is 25.9 Å². The highest BCUT2D eigenvalue weighted by atomic mass is 79.9. The number of rotatable bonds is 3. The van der Waals surface area contributed by atoms with Crippen LogP contribution < -0.4 is 5.73 Å². The van der Waals surface area contributed by atoms with Crippen LogP contribution in [-0.4, -0.2) is 21.6 Å². The molecule has 1 aromatic heterocycles. The molecule has 1 rings (SSSR count). The van der Waals surface area contributed by atoms with Crippen molar-refractivity contribution in [3.05, 3.63) is 22.2 Å². The van der Waals surface area contributed by atoms with Gasteiger partial charge in [0.15, 0.2) is 0 Å². The number of nitrogens with two attached hydrogens (primary N) is 1. The number of aliphatic hydroxyl groups excluding tert-OH is 1. The zero-order chi connectivity index (χ0) is 10.7. The fraction of sp³-hybridized carbons (Fsp3) is 0.556. The summed E-state index contributed by atoms with van der Waals surface area (Å²) in [6.45, 7) is 4.16. The molecule has 78 valence electrons. The lowest BCUT2D eigenvalue weighted by molar-refractivity contribution is 0.180. The number of nitrogens with zero attached hydrogens (tertiary/aromatic N) is 2. The number of hydrogen-bond acceptors (Lipinski definition) is 4. The second kappa shape index (κ2) is 4.82. The highest BCUT2D eigenvalue weighted by molar-refractivity contribution is 9.10. The summed E-state index contributed by atoms with van der Waals surface area (Å²) in [5, 5.41) is 9.57. The van der Waals surface area contributed by atoms with Crippen molar-refractivity contribution in [2.75, 3.05) is 6.54 Å². The van der Waals surface area contributed by atoms with Gasteiger partial charge in [-0.2, -0.15) is 0 Å². The van der Waals surface area contributed by atoms with E-state index in [1.807, 2.05) is 13.8 Å². The van der Waals surface area contributed by atoms with Crippen LogP contribution >= 0.6 is 15.9 Å². The van der Waals surface area contributed by atoms with Crippen molar-refractivity contribution >= 4 is 15.9 Å². The van der Waals surface area contributed by atoms with Gasteiger partial charge in [0.25, 0.3) is 0 Å². The maximum atomic E-state index is 9.57. The van der Waals surface area contributed by atoms with Gasteiger partial charge in [-0.1, -0.05) is 13.8 Å². The van der Waals surface area contributed by atoms with Gasteiger partial charge in [-0.25, -0.2) is 9.97 Å². The number of halogens is 1. The fourth-order valence-electron chi connectivity index (χ4n) is 1.02. The van der Waals surface area contributed by atoms with E-state index in [1.54, 1.807) is 6.20 Å². The van der Waals surface area contributed by atoms with E-state index in [9.17, 15) is 5.11 Å². The summed E-state index contributed by atoms with van der Waals surface area (Å²) < 4.78 is 0.694. The van der Waals surface area contributed by atoms with E-state index in [-0.39, 0.29) is 12.5 Å². The Kier molecular flexibility index (Phi) is 3.97. The maximum Gasteiger partial charge on any atom is 0.131 e. The van der Waals surface area contributed by atoms with Crippen LogP contribution in [0.3, 0.4) is 0 Å². The van der Waals surface area contributed by atoms with Gasteiger partial charge < -0.3 is 10.8 Å². The Morgan fingerprint density at radius 1 is 1.57 bits per heavy atom. The van der Waals surface area contributed by atoms with Gasteiger partial charge in [0.2, 0.25) is 0 Å². The Bertz CT molecular complexity index is 317. The molecule has 0 spiro atoms. The summed E-state index contributed by atoms with van der Waals surface area (Å²) in [5.41, 5.74) is 5.93. The SMILES string of the molecule is CC(C)c1ncc(Br)c(C(O)CN)n1. The minimum absolute atomic E-state index is 0.160. The zero-order valence-electron chi connectivity index (χ0n) is 8.24. The highest BCUT2D eigenvalue weighted by Crippen LogP contribution is 2.21. The van der Waals surface area contributed by atoms with Crippen LogP contribution in [0.25, 0.3) is 0 Å². The normalized spacial score (nSPS) is 13.3. The molecule has 0 fully saturated rings. The average molecular weight is 260 g/mol. The second-order valence-corrected chi connectivity index (χ2v) is 4.22. The smallest absolute Gasteiger partial charge is 0.131 e. The Morgan fingerprint density at radius 3 is 2.71 bits per heavy atom. The summed E-state index contributed by atoms with van der Waals surface area (Å²) in [4.78, 5) is 8.40. The summed E-state index contributed by atoms with van der Waals surface area (Å²) >= 11 is 3.28. The summed E-state index contributed by atoms with van der Waals surface area (Å²) in [6, 6.07) is 0. The predicted molar refractivity (Wildman–Crippen MR) is 57.8 cm³/mol. The molecule has 1 aromatic rings. The van der Waals surface area contributed by atoms with Gasteiger partial charge in [-0.15, -0.1) is 0 Å². The third-order valence-corrected chi connectivity index (χ3v) is 2.46. The third kappa shape index (κ3) is 2.50. The number of hydrogen-bond donors (Lipinski definition) is 2. The molecule has 5 heteroatoms. The van der Waals surface area contributed by atoms with Gasteiger partial charge in [0.1, 0.15) is 11.9 Å². The molecule has 0 aliphatic heterocycles. The quantitative estimate of drug-likeness (QED) is 0.860. The van der Waals surface area contributed by atoms with Crippen LogP contribution in [0.2, 0.25) is 0 Å². The Hall–Kier alpha value is -0.520. The predicted octanol–water partition coefficient (Wildman–Crippen LogP) is 1.35. The van der Waals surface area contributed by atoms with Crippen LogP contribution in [0.4, 0.5) is 0 Å². The minimum Gasteiger partial charge on any atom is -0.385 e. The van der Waals surface area contributed by atoms with Crippen molar-refractivity contribution in [2.45, 2.75) is 25.9 Å². The van der Waals surface area contributed by atoms with Crippen molar-refractivity contribution in [3.63, 3.8) is 0 Å². The number of aromatic nitrogens is 2. The molecular formula is C9H14BrN3O. The molecule has 14 heavy (non-hydrogen) atoms. The maximum absolute atomic E-state index is 9.57. The van der Waals surface area contributed by atoms with Gasteiger partial charge in [-0.3, -0.25) is 0 Å². The average Bonchev–Trinajstić information content (AvgIpc) is 2.17. The minimum atomic E-state index is -0.732. The van der Waals surface area contributed by atoms with Crippen LogP contribution in [0, 0.1) is 0 Å². The first kappa shape index (κ1) is 11.6. The lowest BCUT2D eigenvalue weighted by atomic mass is 10.2. The van der Waals surface area contributed by atoms with Crippen molar-refractivity contribution in [1.29, 1.82) is 0 Å².